The van der Waals surface area contributed by atoms with Crippen LogP contribution in [0.4, 0.5) is 0 Å². The molecule has 1 aliphatic rings. The minimum atomic E-state index is -3.39. The third kappa shape index (κ3) is 7.51. The second kappa shape index (κ2) is 12.2. The van der Waals surface area contributed by atoms with E-state index in [1.54, 1.807) is 38.6 Å². The van der Waals surface area contributed by atoms with Crippen molar-refractivity contribution in [2.45, 2.75) is 19.4 Å². The SMILES string of the molecule is C=C(Br)/C=N\N(C)/C(=C\C(=N/C)C1CCN(S(=O)(=O)N(C)C)CC1)NCc1cccnc1. The van der Waals surface area contributed by atoms with Gasteiger partial charge in [-0.15, -0.1) is 0 Å². The zero-order chi connectivity index (χ0) is 23.7. The predicted molar refractivity (Wildman–Crippen MR) is 134 cm³/mol. The smallest absolute Gasteiger partial charge is 0.281 e. The fourth-order valence-corrected chi connectivity index (χ4v) is 4.51. The molecule has 1 aromatic heterocycles. The van der Waals surface area contributed by atoms with Crippen LogP contribution in [0.5, 0.6) is 0 Å². The summed E-state index contributed by atoms with van der Waals surface area (Å²) in [7, 11) is 3.32. The van der Waals surface area contributed by atoms with Crippen molar-refractivity contribution in [3.05, 3.63) is 53.0 Å². The normalized spacial score (nSPS) is 17.2. The first kappa shape index (κ1) is 26.2. The molecule has 2 heterocycles. The third-order valence-corrected chi connectivity index (χ3v) is 7.26. The first-order valence-electron chi connectivity index (χ1n) is 10.3. The summed E-state index contributed by atoms with van der Waals surface area (Å²) >= 11 is 3.29. The zero-order valence-corrected chi connectivity index (χ0v) is 21.5. The maximum atomic E-state index is 12.4. The number of hydrogen-bond donors (Lipinski definition) is 1. The van der Waals surface area contributed by atoms with E-state index >= 15 is 0 Å². The van der Waals surface area contributed by atoms with Crippen molar-refractivity contribution in [2.75, 3.05) is 41.3 Å². The summed E-state index contributed by atoms with van der Waals surface area (Å²) in [5.41, 5.74) is 1.94. The van der Waals surface area contributed by atoms with E-state index < -0.39 is 10.2 Å². The molecule has 32 heavy (non-hydrogen) atoms. The number of rotatable bonds is 10. The lowest BCUT2D eigenvalue weighted by molar-refractivity contribution is 0.299. The molecule has 0 aliphatic carbocycles. The highest BCUT2D eigenvalue weighted by molar-refractivity contribution is 9.12. The molecule has 1 aromatic rings. The Kier molecular flexibility index (Phi) is 10.0. The Hall–Kier alpha value is -2.08. The van der Waals surface area contributed by atoms with Gasteiger partial charge in [-0.05, 0) is 40.4 Å². The van der Waals surface area contributed by atoms with E-state index in [2.05, 4.69) is 42.9 Å². The van der Waals surface area contributed by atoms with Gasteiger partial charge in [0.15, 0.2) is 0 Å². The second-order valence-electron chi connectivity index (χ2n) is 7.57. The van der Waals surface area contributed by atoms with Gasteiger partial charge in [0, 0.05) is 82.4 Å². The van der Waals surface area contributed by atoms with Crippen molar-refractivity contribution >= 4 is 38.1 Å². The van der Waals surface area contributed by atoms with Crippen LogP contribution in [-0.2, 0) is 16.8 Å². The number of aromatic nitrogens is 1. The molecular formula is C21H32BrN7O2S. The molecule has 1 N–H and O–H groups in total. The number of pyridine rings is 1. The molecule has 0 radical (unpaired) electrons. The topological polar surface area (TPSA) is 93.5 Å². The van der Waals surface area contributed by atoms with Crippen LogP contribution < -0.4 is 5.32 Å². The third-order valence-electron chi connectivity index (χ3n) is 5.12. The lowest BCUT2D eigenvalue weighted by Gasteiger charge is -2.33. The van der Waals surface area contributed by atoms with Gasteiger partial charge in [-0.3, -0.25) is 15.0 Å². The Morgan fingerprint density at radius 2 is 2.06 bits per heavy atom. The highest BCUT2D eigenvalue weighted by Crippen LogP contribution is 2.23. The molecule has 9 nitrogen and oxygen atoms in total. The number of halogens is 1. The highest BCUT2D eigenvalue weighted by atomic mass is 79.9. The zero-order valence-electron chi connectivity index (χ0n) is 19.1. The Labute approximate surface area is 199 Å². The minimum absolute atomic E-state index is 0.160. The molecule has 0 bridgehead atoms. The van der Waals surface area contributed by atoms with Gasteiger partial charge >= 0.3 is 0 Å². The number of aliphatic imine (C=N–C) groups is 1. The van der Waals surface area contributed by atoms with E-state index in [1.807, 2.05) is 31.5 Å². The summed E-state index contributed by atoms with van der Waals surface area (Å²) in [5.74, 6) is 0.926. The van der Waals surface area contributed by atoms with Crippen molar-refractivity contribution in [1.29, 1.82) is 0 Å². The Morgan fingerprint density at radius 3 is 2.59 bits per heavy atom. The molecule has 1 aliphatic heterocycles. The molecular weight excluding hydrogens is 494 g/mol. The van der Waals surface area contributed by atoms with Crippen molar-refractivity contribution in [3.8, 4) is 0 Å². The van der Waals surface area contributed by atoms with Gasteiger partial charge in [0.1, 0.15) is 5.82 Å². The van der Waals surface area contributed by atoms with Crippen LogP contribution in [0.25, 0.3) is 0 Å². The minimum Gasteiger partial charge on any atom is -0.366 e. The lowest BCUT2D eigenvalue weighted by Crippen LogP contribution is -2.45. The number of hydrazone groups is 1. The molecule has 0 atom stereocenters. The van der Waals surface area contributed by atoms with Crippen molar-refractivity contribution in [2.24, 2.45) is 16.0 Å². The van der Waals surface area contributed by atoms with Gasteiger partial charge in [-0.25, -0.2) is 0 Å². The lowest BCUT2D eigenvalue weighted by atomic mass is 9.92. The number of piperidine rings is 1. The van der Waals surface area contributed by atoms with Crippen LogP contribution in [0.15, 0.2) is 57.6 Å². The van der Waals surface area contributed by atoms with E-state index in [1.165, 1.54) is 8.61 Å². The summed E-state index contributed by atoms with van der Waals surface area (Å²) < 4.78 is 28.3. The van der Waals surface area contributed by atoms with Gasteiger partial charge in [0.05, 0.1) is 6.21 Å². The van der Waals surface area contributed by atoms with Crippen LogP contribution in [-0.4, -0.2) is 80.2 Å². The summed E-state index contributed by atoms with van der Waals surface area (Å²) in [4.78, 5) is 8.67. The van der Waals surface area contributed by atoms with Gasteiger partial charge in [0.25, 0.3) is 10.2 Å². The van der Waals surface area contributed by atoms with Gasteiger partial charge in [-0.1, -0.05) is 12.6 Å². The van der Waals surface area contributed by atoms with E-state index in [-0.39, 0.29) is 5.92 Å². The number of nitrogens with one attached hydrogen (secondary N) is 1. The molecule has 176 valence electrons. The summed E-state index contributed by atoms with van der Waals surface area (Å²) in [6, 6.07) is 3.89. The monoisotopic (exact) mass is 525 g/mol. The number of hydrogen-bond acceptors (Lipinski definition) is 7. The second-order valence-corrected chi connectivity index (χ2v) is 10.7. The largest absolute Gasteiger partial charge is 0.366 e. The first-order chi connectivity index (χ1) is 15.1. The van der Waals surface area contributed by atoms with E-state index in [4.69, 9.17) is 0 Å². The first-order valence-corrected chi connectivity index (χ1v) is 12.4. The van der Waals surface area contributed by atoms with E-state index in [0.29, 0.717) is 37.0 Å². The molecule has 0 saturated carbocycles. The average Bonchev–Trinajstić information content (AvgIpc) is 2.78. The number of nitrogens with zero attached hydrogens (tertiary/aromatic N) is 6. The number of allylic oxidation sites excluding steroid dienone is 2. The van der Waals surface area contributed by atoms with Gasteiger partial charge in [0.2, 0.25) is 0 Å². The van der Waals surface area contributed by atoms with E-state index in [9.17, 15) is 8.42 Å². The summed E-state index contributed by atoms with van der Waals surface area (Å²) in [6.07, 6.45) is 8.56. The molecule has 0 amide bonds. The van der Waals surface area contributed by atoms with Crippen LogP contribution in [0.1, 0.15) is 18.4 Å². The van der Waals surface area contributed by atoms with E-state index in [0.717, 1.165) is 17.1 Å². The molecule has 1 fully saturated rings. The Balaban J connectivity index is 2.18. The summed E-state index contributed by atoms with van der Waals surface area (Å²) in [6.45, 7) is 5.29. The highest BCUT2D eigenvalue weighted by Gasteiger charge is 2.31. The van der Waals surface area contributed by atoms with Crippen LogP contribution in [0, 0.1) is 5.92 Å². The van der Waals surface area contributed by atoms with Crippen LogP contribution in [0.3, 0.4) is 0 Å². The Morgan fingerprint density at radius 1 is 1.38 bits per heavy atom. The predicted octanol–water partition coefficient (Wildman–Crippen LogP) is 2.43. The molecule has 0 unspecified atom stereocenters. The maximum Gasteiger partial charge on any atom is 0.281 e. The summed E-state index contributed by atoms with van der Waals surface area (Å²) in [5, 5.41) is 9.53. The van der Waals surface area contributed by atoms with Crippen molar-refractivity contribution in [1.82, 2.24) is 23.9 Å². The molecule has 0 spiro atoms. The molecule has 1 saturated heterocycles. The Bertz CT molecular complexity index is 954. The molecule has 11 heteroatoms. The van der Waals surface area contributed by atoms with Gasteiger partial charge in [-0.2, -0.15) is 22.1 Å². The van der Waals surface area contributed by atoms with Crippen LogP contribution in [0.2, 0.25) is 0 Å². The van der Waals surface area contributed by atoms with Crippen molar-refractivity contribution in [3.63, 3.8) is 0 Å². The molecule has 2 rings (SSSR count). The molecule has 0 aromatic carbocycles. The average molecular weight is 527 g/mol. The fraction of sp³-hybridized carbons (Fsp3) is 0.476. The van der Waals surface area contributed by atoms with Gasteiger partial charge < -0.3 is 5.32 Å². The standard InChI is InChI=1S/C21H32BrN7O2S/c1-17(22)14-26-28(5)21(25-16-18-7-6-10-24-15-18)13-20(23-2)19-8-11-29(12-9-19)32(30,31)27(3)4/h6-7,10,13-15,19,25H,1,8-9,11-12,16H2,2-5H3/b21-13-,23-20+,26-14-. The maximum absolute atomic E-state index is 12.4. The fourth-order valence-electron chi connectivity index (χ4n) is 3.28. The quantitative estimate of drug-likeness (QED) is 0.374. The van der Waals surface area contributed by atoms with Crippen molar-refractivity contribution < 1.29 is 8.42 Å². The van der Waals surface area contributed by atoms with Crippen LogP contribution >= 0.6 is 15.9 Å².